The van der Waals surface area contributed by atoms with Crippen molar-refractivity contribution in [2.24, 2.45) is 0 Å². The number of hydrogen-bond donors (Lipinski definition) is 0. The van der Waals surface area contributed by atoms with Gasteiger partial charge < -0.3 is 14.0 Å². The Morgan fingerprint density at radius 2 is 1.50 bits per heavy atom. The maximum absolute atomic E-state index is 11.9. The second-order valence-corrected chi connectivity index (χ2v) is 10.8. The van der Waals surface area contributed by atoms with Gasteiger partial charge in [-0.2, -0.15) is 8.42 Å². The van der Waals surface area contributed by atoms with Gasteiger partial charge in [-0.15, -0.1) is 0 Å². The van der Waals surface area contributed by atoms with Gasteiger partial charge in [0.15, 0.2) is 5.12 Å². The Kier molecular flexibility index (Phi) is 18.6. The predicted molar refractivity (Wildman–Crippen MR) is 120 cm³/mol. The summed E-state index contributed by atoms with van der Waals surface area (Å²) in [5.74, 6) is 0. The van der Waals surface area contributed by atoms with Gasteiger partial charge in [0.1, 0.15) is 0 Å². The van der Waals surface area contributed by atoms with E-state index in [0.717, 1.165) is 37.9 Å². The minimum absolute atomic E-state index is 0. The van der Waals surface area contributed by atoms with Gasteiger partial charge in [-0.1, -0.05) is 40.5 Å². The Hall–Kier alpha value is 0.816. The quantitative estimate of drug-likeness (QED) is 0.294. The molecular formula is C20H31KO8S3. The zero-order valence-corrected chi connectivity index (χ0v) is 24.7. The van der Waals surface area contributed by atoms with E-state index in [0.29, 0.717) is 31.3 Å². The molecule has 3 rings (SSSR count). The summed E-state index contributed by atoms with van der Waals surface area (Å²) in [5.41, 5.74) is 1.02. The van der Waals surface area contributed by atoms with Crippen LogP contribution in [0.15, 0.2) is 29.2 Å². The number of ether oxygens (including phenoxy) is 2. The smallest absolute Gasteiger partial charge is 0.773 e. The molecule has 12 heteroatoms. The van der Waals surface area contributed by atoms with Crippen LogP contribution in [0, 0.1) is 6.92 Å². The number of hydrogen-bond acceptors (Lipinski definition) is 9. The van der Waals surface area contributed by atoms with Gasteiger partial charge in [-0.25, -0.2) is 0 Å². The minimum atomic E-state index is -3.63. The minimum Gasteiger partial charge on any atom is -0.773 e. The van der Waals surface area contributed by atoms with Gasteiger partial charge in [-0.05, 0) is 51.0 Å². The van der Waals surface area contributed by atoms with E-state index in [2.05, 4.69) is 0 Å². The molecule has 1 unspecified atom stereocenters. The van der Waals surface area contributed by atoms with E-state index in [1.165, 1.54) is 11.8 Å². The molecule has 0 aromatic heterocycles. The Morgan fingerprint density at radius 3 is 1.94 bits per heavy atom. The molecule has 0 aliphatic carbocycles. The Bertz CT molecular complexity index is 771. The summed E-state index contributed by atoms with van der Waals surface area (Å²) in [7, 11) is -3.63. The molecule has 0 amide bonds. The van der Waals surface area contributed by atoms with Crippen molar-refractivity contribution >= 4 is 38.1 Å². The molecule has 178 valence electrons. The topological polar surface area (TPSA) is 119 Å². The van der Waals surface area contributed by atoms with Gasteiger partial charge >= 0.3 is 51.4 Å². The molecule has 2 aliphatic rings. The predicted octanol–water partition coefficient (Wildman–Crippen LogP) is -0.176. The zero-order valence-electron chi connectivity index (χ0n) is 19.1. The van der Waals surface area contributed by atoms with E-state index >= 15 is 0 Å². The van der Waals surface area contributed by atoms with Crippen molar-refractivity contribution in [3.63, 3.8) is 0 Å². The van der Waals surface area contributed by atoms with E-state index < -0.39 is 21.2 Å². The second kappa shape index (κ2) is 18.1. The van der Waals surface area contributed by atoms with Crippen LogP contribution in [0.1, 0.15) is 38.2 Å². The van der Waals surface area contributed by atoms with Crippen LogP contribution in [0.25, 0.3) is 0 Å². The fourth-order valence-corrected chi connectivity index (χ4v) is 4.77. The molecule has 2 fully saturated rings. The number of thioether (sulfide) groups is 1. The van der Waals surface area contributed by atoms with Crippen molar-refractivity contribution < 1.29 is 87.0 Å². The standard InChI is InChI=1S/C12H16O4S.C7H12O2S.CH4O2S.K/c1-10-2-4-12(5-3-10)17(13,14)16-11-6-8-15-9-7-11;1-6(8)10-7-2-4-9-5-3-7;1-4(2)3;/h2-5,11H,6-9H2,1H3;7H,2-5H2,1H3;1H3,(H,2,3);/q;;;+1/p-1. The Labute approximate surface area is 240 Å². The molecule has 0 spiro atoms. The Morgan fingerprint density at radius 1 is 1.06 bits per heavy atom. The van der Waals surface area contributed by atoms with Crippen LogP contribution in [0.5, 0.6) is 0 Å². The summed E-state index contributed by atoms with van der Waals surface area (Å²) in [4.78, 5) is 10.9. The van der Waals surface area contributed by atoms with E-state index in [9.17, 15) is 13.2 Å². The molecule has 8 nitrogen and oxygen atoms in total. The molecule has 0 saturated carbocycles. The third kappa shape index (κ3) is 15.7. The van der Waals surface area contributed by atoms with Crippen molar-refractivity contribution in [2.45, 2.75) is 55.8 Å². The monoisotopic (exact) mass is 534 g/mol. The van der Waals surface area contributed by atoms with Gasteiger partial charge in [0, 0.05) is 38.6 Å². The van der Waals surface area contributed by atoms with Gasteiger partial charge in [0.25, 0.3) is 10.1 Å². The molecule has 2 heterocycles. The first kappa shape index (κ1) is 32.8. The molecule has 1 atom stereocenters. The van der Waals surface area contributed by atoms with Crippen molar-refractivity contribution in [3.8, 4) is 0 Å². The van der Waals surface area contributed by atoms with Crippen LogP contribution in [-0.4, -0.2) is 66.3 Å². The van der Waals surface area contributed by atoms with Crippen LogP contribution in [0.3, 0.4) is 0 Å². The van der Waals surface area contributed by atoms with Crippen LogP contribution in [-0.2, 0) is 39.6 Å². The largest absolute Gasteiger partial charge is 1.00 e. The second-order valence-electron chi connectivity index (χ2n) is 7.00. The van der Waals surface area contributed by atoms with Gasteiger partial charge in [0.2, 0.25) is 0 Å². The average molecular weight is 535 g/mol. The van der Waals surface area contributed by atoms with E-state index in [-0.39, 0.29) is 67.5 Å². The maximum atomic E-state index is 11.9. The summed E-state index contributed by atoms with van der Waals surface area (Å²) in [6.45, 7) is 6.31. The summed E-state index contributed by atoms with van der Waals surface area (Å²) in [6.07, 6.45) is 4.15. The molecule has 0 N–H and O–H groups in total. The number of carbonyl (C=O) groups is 1. The van der Waals surface area contributed by atoms with E-state index in [1.54, 1.807) is 31.2 Å². The Balaban J connectivity index is 0.000000546. The summed E-state index contributed by atoms with van der Waals surface area (Å²) < 4.78 is 57.4. The summed E-state index contributed by atoms with van der Waals surface area (Å²) in [6, 6.07) is 6.68. The first-order chi connectivity index (χ1) is 14.6. The van der Waals surface area contributed by atoms with Crippen molar-refractivity contribution in [1.29, 1.82) is 0 Å². The molecule has 2 saturated heterocycles. The molecule has 0 bridgehead atoms. The van der Waals surface area contributed by atoms with Crippen LogP contribution < -0.4 is 51.4 Å². The third-order valence-corrected chi connectivity index (χ3v) is 6.75. The van der Waals surface area contributed by atoms with Gasteiger partial charge in [0.05, 0.1) is 11.0 Å². The zero-order chi connectivity index (χ0) is 23.3. The van der Waals surface area contributed by atoms with Crippen LogP contribution >= 0.6 is 11.8 Å². The van der Waals surface area contributed by atoms with Crippen LogP contribution in [0.4, 0.5) is 0 Å². The molecular weight excluding hydrogens is 504 g/mol. The first-order valence-electron chi connectivity index (χ1n) is 9.93. The van der Waals surface area contributed by atoms with Crippen molar-refractivity contribution in [1.82, 2.24) is 0 Å². The fourth-order valence-electron chi connectivity index (χ4n) is 2.74. The molecule has 1 aromatic rings. The number of benzene rings is 1. The summed E-state index contributed by atoms with van der Waals surface area (Å²) >= 11 is -0.405. The fraction of sp³-hybridized carbons (Fsp3) is 0.650. The molecule has 1 aromatic carbocycles. The first-order valence-corrected chi connectivity index (χ1v) is 13.7. The maximum Gasteiger partial charge on any atom is 1.00 e. The summed E-state index contributed by atoms with van der Waals surface area (Å²) in [5, 5.41) is 0.748. The van der Waals surface area contributed by atoms with E-state index in [1.807, 2.05) is 6.92 Å². The normalized spacial score (nSPS) is 18.1. The van der Waals surface area contributed by atoms with Crippen LogP contribution in [0.2, 0.25) is 0 Å². The average Bonchev–Trinajstić information content (AvgIpc) is 2.69. The number of rotatable bonds is 4. The molecule has 0 radical (unpaired) electrons. The number of carbonyl (C=O) groups excluding carboxylic acids is 1. The molecule has 32 heavy (non-hydrogen) atoms. The van der Waals surface area contributed by atoms with Gasteiger partial charge in [-0.3, -0.25) is 13.2 Å². The van der Waals surface area contributed by atoms with Crippen molar-refractivity contribution in [3.05, 3.63) is 29.8 Å². The SMILES string of the molecule is CC(=O)SC1CCOCC1.CS(=O)[O-].Cc1ccc(S(=O)(=O)OC2CCOCC2)cc1.[K+]. The van der Waals surface area contributed by atoms with Crippen molar-refractivity contribution in [2.75, 3.05) is 32.7 Å². The number of aryl methyl sites for hydroxylation is 1. The van der Waals surface area contributed by atoms with E-state index in [4.69, 9.17) is 22.4 Å². The third-order valence-electron chi connectivity index (χ3n) is 4.24. The molecule has 2 aliphatic heterocycles.